The van der Waals surface area contributed by atoms with Gasteiger partial charge in [0, 0.05) is 49.1 Å². The Balaban J connectivity index is 1.01. The third-order valence-electron chi connectivity index (χ3n) is 23.0. The van der Waals surface area contributed by atoms with Gasteiger partial charge in [0.15, 0.2) is 36.2 Å². The van der Waals surface area contributed by atoms with Crippen LogP contribution >= 0.6 is 23.2 Å². The summed E-state index contributed by atoms with van der Waals surface area (Å²) in [5.41, 5.74) is 4.20. The van der Waals surface area contributed by atoms with Crippen LogP contribution in [0.2, 0.25) is 10.0 Å². The molecule has 29 atom stereocenters. The maximum atomic E-state index is 16.8. The zero-order valence-corrected chi connectivity index (χ0v) is 68.6. The molecule has 0 saturated carbocycles. The van der Waals surface area contributed by atoms with Crippen LogP contribution in [0.25, 0.3) is 0 Å². The van der Waals surface area contributed by atoms with Gasteiger partial charge in [-0.15, -0.1) is 0 Å². The molecule has 43 heteroatoms. The second kappa shape index (κ2) is 38.7. The number of methoxy groups -OCH3 is 1. The van der Waals surface area contributed by atoms with E-state index in [2.05, 4.69) is 31.9 Å². The summed E-state index contributed by atoms with van der Waals surface area (Å²) in [5, 5.41) is 184. The molecular formula is C84H91Cl2N7O34. The van der Waals surface area contributed by atoms with E-state index in [9.17, 15) is 91.0 Å². The third kappa shape index (κ3) is 19.4. The van der Waals surface area contributed by atoms with Crippen molar-refractivity contribution in [3.8, 4) is 46.0 Å². The number of phenolic OH excluding ortho intramolecular Hbond substituents is 2. The molecule has 10 aliphatic rings. The highest BCUT2D eigenvalue weighted by Crippen LogP contribution is 2.50. The SMILES string of the molecule is CO[C@H]1[C@H](C)O[C@@H](O[C@@H]2c3ccc(c(Cl)c3)Oc3cc4cc(c3O[C@@H]3O[C@H](CO)[C@@H](O)[C@H](O)[C@H]3O[C@@H]3OC(C)[C@H](O)[C@@H](O)[C@H]3O)Oc3ccc(cc3)[C@@H](O)[C@@H](NC(=O)C(=O)c3ccc(O)c(Cl)c3)C(=O)N[C@@H](Cc3ccccc3)C(=O)N[C@H]4C(=O)N[C@H]3C(=O)N[C@@H]2C(=O)N[C@H](C(=O)O)c2cc(O)cc(O[C@H]4O[C@H](CO)[C@@H](O)[C@H](O)[C@@H]4O)c2C2C=C3C=CC2O)C[C@@H]1N. The molecule has 4 saturated heterocycles. The first-order valence-corrected chi connectivity index (χ1v) is 40.7. The van der Waals surface area contributed by atoms with Crippen molar-refractivity contribution in [2.24, 2.45) is 5.73 Å². The summed E-state index contributed by atoms with van der Waals surface area (Å²) in [6.07, 6.45) is -36.4. The van der Waals surface area contributed by atoms with Crippen LogP contribution in [0.3, 0.4) is 0 Å². The molecule has 41 nitrogen and oxygen atoms in total. The quantitative estimate of drug-likeness (QED) is 0.0344. The first kappa shape index (κ1) is 92.5. The number of amides is 6. The number of aliphatic hydroxyl groups is 12. The van der Waals surface area contributed by atoms with Crippen molar-refractivity contribution in [2.45, 2.75) is 204 Å². The molecule has 0 radical (unpaired) electrons. The lowest BCUT2D eigenvalue weighted by atomic mass is 9.80. The van der Waals surface area contributed by atoms with E-state index in [1.54, 1.807) is 25.1 Å². The molecule has 23 N–H and O–H groups in total. The Morgan fingerprint density at radius 2 is 1.24 bits per heavy atom. The number of nitrogens with one attached hydrogen (secondary N) is 6. The fraction of sp³-hybridized carbons (Fsp3) is 0.429. The van der Waals surface area contributed by atoms with Crippen LogP contribution in [0.1, 0.15) is 94.2 Å². The summed E-state index contributed by atoms with van der Waals surface area (Å²) in [6.45, 7) is 0.817. The second-order valence-corrected chi connectivity index (χ2v) is 32.3. The second-order valence-electron chi connectivity index (χ2n) is 31.4. The van der Waals surface area contributed by atoms with Crippen LogP contribution in [-0.2, 0) is 73.1 Å². The first-order valence-electron chi connectivity index (χ1n) is 39.9. The fourth-order valence-corrected chi connectivity index (χ4v) is 16.6. The summed E-state index contributed by atoms with van der Waals surface area (Å²) >= 11 is 13.6. The molecule has 0 aromatic heterocycles. The first-order chi connectivity index (χ1) is 60.5. The maximum Gasteiger partial charge on any atom is 0.330 e. The fourth-order valence-electron chi connectivity index (χ4n) is 16.2. The Bertz CT molecular complexity index is 5180. The molecule has 9 heterocycles. The van der Waals surface area contributed by atoms with Gasteiger partial charge in [0.05, 0.1) is 47.7 Å². The summed E-state index contributed by atoms with van der Waals surface area (Å²) in [7, 11) is 1.37. The van der Waals surface area contributed by atoms with Gasteiger partial charge in [0.1, 0.15) is 132 Å². The number of hydrogen-bond acceptors (Lipinski definition) is 34. The lowest BCUT2D eigenvalue weighted by Crippen LogP contribution is -2.64. The van der Waals surface area contributed by atoms with Crippen molar-refractivity contribution in [1.82, 2.24) is 31.9 Å². The predicted molar refractivity (Wildman–Crippen MR) is 430 cm³/mol. The zero-order chi connectivity index (χ0) is 91.2. The molecule has 4 fully saturated rings. The molecule has 0 spiro atoms. The number of rotatable bonds is 17. The van der Waals surface area contributed by atoms with Gasteiger partial charge in [-0.2, -0.15) is 0 Å². The van der Waals surface area contributed by atoms with Gasteiger partial charge in [0.2, 0.25) is 53.6 Å². The number of nitrogens with two attached hydrogens (primary N) is 1. The monoisotopic (exact) mass is 1810 g/mol. The Labute approximate surface area is 730 Å². The van der Waals surface area contributed by atoms with Crippen LogP contribution in [0.4, 0.5) is 0 Å². The molecule has 9 aliphatic heterocycles. The number of carboxylic acids is 1. The van der Waals surface area contributed by atoms with Gasteiger partial charge in [-0.1, -0.05) is 90.0 Å². The number of hydrogen-bond donors (Lipinski definition) is 22. The minimum Gasteiger partial charge on any atom is -0.508 e. The minimum absolute atomic E-state index is 0.189. The number of halogens is 2. The van der Waals surface area contributed by atoms with E-state index < -0.39 is 317 Å². The Morgan fingerprint density at radius 3 is 1.91 bits per heavy atom. The normalized spacial score (nSPS) is 34.0. The molecule has 6 amide bonds. The minimum atomic E-state index is -2.42. The lowest BCUT2D eigenvalue weighted by Gasteiger charge is -2.45. The highest BCUT2D eigenvalue weighted by Gasteiger charge is 2.54. The molecule has 680 valence electrons. The van der Waals surface area contributed by atoms with E-state index in [-0.39, 0.29) is 33.9 Å². The molecule has 6 aromatic carbocycles. The lowest BCUT2D eigenvalue weighted by molar-refractivity contribution is -0.354. The zero-order valence-electron chi connectivity index (χ0n) is 67.1. The van der Waals surface area contributed by atoms with E-state index in [0.29, 0.717) is 0 Å². The van der Waals surface area contributed by atoms with Crippen LogP contribution in [0, 0.1) is 0 Å². The van der Waals surface area contributed by atoms with Crippen molar-refractivity contribution in [2.75, 3.05) is 20.3 Å². The third-order valence-corrected chi connectivity index (χ3v) is 23.6. The Hall–Kier alpha value is -10.7. The van der Waals surface area contributed by atoms with Crippen molar-refractivity contribution in [3.63, 3.8) is 0 Å². The van der Waals surface area contributed by atoms with Gasteiger partial charge in [0.25, 0.3) is 5.91 Å². The molecule has 11 bridgehead atoms. The van der Waals surface area contributed by atoms with Gasteiger partial charge >= 0.3 is 5.97 Å². The number of Topliss-reactive ketones (excluding diaryl/α,β-unsaturated/α-hetero) is 1. The number of aliphatic hydroxyl groups excluding tert-OH is 12. The van der Waals surface area contributed by atoms with Crippen LogP contribution in [-0.4, -0.2) is 291 Å². The molecule has 1 aliphatic carbocycles. The molecular weight excluding hydrogens is 1720 g/mol. The average Bonchev–Trinajstić information content (AvgIpc) is 0.754. The predicted octanol–water partition coefficient (Wildman–Crippen LogP) is -2.09. The van der Waals surface area contributed by atoms with E-state index >= 15 is 24.0 Å². The molecule has 127 heavy (non-hydrogen) atoms. The summed E-state index contributed by atoms with van der Waals surface area (Å²) in [5.74, 6) is -18.4. The highest BCUT2D eigenvalue weighted by molar-refractivity contribution is 6.44. The van der Waals surface area contributed by atoms with Crippen LogP contribution in [0.15, 0.2) is 139 Å². The smallest absolute Gasteiger partial charge is 0.330 e. The van der Waals surface area contributed by atoms with E-state index in [4.69, 9.17) is 81.0 Å². The standard InChI is InChI=1S/C84H91Cl2N7O34/c1-30-61(99)66(104)69(107)82(119-30)127-74-68(106)65(103)53(29-95)124-84(74)126-73-50-23-37-24-51(73)121-48-18-13-36(22-43(48)86)72(125-54-27-44(87)71(117-3)31(2)118-54)60-79(113)91-58(81(115)116)41-25-38(96)26-49(122-83-70(108)67(105)64(102)52(28-94)123-83)55(41)40-20-34(11-16-46(40)97)56(76(110)93-60)90-77(111)57(37)89-75(109)45(19-32-7-5-4-6-8-32)88-78(112)59(62(100)33-9-14-39(120-50)15-10-33)92-80(114)63(101)35-12-17-47(98)42(85)21-35/h4-18,20-26,30-31,40,44-46,52-54,56-62,64-72,74,82-84,94-100,102-108H,19,27-29,87H2,1-3H3,(H,88,112)(H,89,109)(H,90,111)(H,91,113)(H,92,114)(H,93,110)(H,115,116)/t30?,31-,40?,44-,45-,46?,52+,53+,54-,56+,57+,58-,59+,60-,61-,62+,64+,65+,66+,67-,68-,69+,70-,71-,72+,74+,82-,83-,84-/m0/s1. The number of benzene rings is 6. The van der Waals surface area contributed by atoms with Gasteiger partial charge in [-0.3, -0.25) is 33.6 Å². The number of aromatic hydroxyl groups is 2. The van der Waals surface area contributed by atoms with E-state index in [1.165, 1.54) is 62.6 Å². The molecule has 3 unspecified atom stereocenters. The summed E-state index contributed by atoms with van der Waals surface area (Å²) < 4.78 is 69.1. The van der Waals surface area contributed by atoms with Crippen molar-refractivity contribution in [3.05, 3.63) is 188 Å². The number of carboxylic acid groups (broad SMARTS) is 1. The number of fused-ring (bicyclic) bond motifs is 14. The van der Waals surface area contributed by atoms with Crippen LogP contribution in [0.5, 0.6) is 46.0 Å². The number of carbonyl (C=O) groups is 8. The topological polar surface area (TPSA) is 640 Å². The molecule has 16 rings (SSSR count). The molecule has 6 aromatic rings. The number of ketones is 1. The Kier molecular flexibility index (Phi) is 28.2. The number of carbonyl (C=O) groups excluding carboxylic acids is 7. The average molecular weight is 1810 g/mol. The van der Waals surface area contributed by atoms with Crippen molar-refractivity contribution in [1.29, 1.82) is 0 Å². The number of phenols is 2. The number of ether oxygens (including phenoxy) is 11. The van der Waals surface area contributed by atoms with Gasteiger partial charge in [-0.25, -0.2) is 4.79 Å². The summed E-state index contributed by atoms with van der Waals surface area (Å²) in [6, 6.07) is 8.18. The highest BCUT2D eigenvalue weighted by atomic mass is 35.5. The van der Waals surface area contributed by atoms with Crippen molar-refractivity contribution >= 4 is 70.4 Å². The summed E-state index contributed by atoms with van der Waals surface area (Å²) in [4.78, 5) is 124. The van der Waals surface area contributed by atoms with Crippen molar-refractivity contribution < 1.29 is 167 Å². The van der Waals surface area contributed by atoms with E-state index in [1.807, 2.05) is 0 Å². The van der Waals surface area contributed by atoms with Gasteiger partial charge < -0.3 is 166 Å². The Morgan fingerprint density at radius 1 is 0.583 bits per heavy atom. The number of aliphatic carboxylic acids is 1. The largest absolute Gasteiger partial charge is 0.508 e. The maximum absolute atomic E-state index is 16.8. The van der Waals surface area contributed by atoms with E-state index in [0.717, 1.165) is 66.8 Å². The van der Waals surface area contributed by atoms with Crippen LogP contribution < -0.4 is 56.6 Å². The van der Waals surface area contributed by atoms with Gasteiger partial charge in [-0.05, 0) is 108 Å².